The average Bonchev–Trinajstić information content (AvgIpc) is 3.77. The summed E-state index contributed by atoms with van der Waals surface area (Å²) in [6.45, 7) is 4.71. The summed E-state index contributed by atoms with van der Waals surface area (Å²) in [5.74, 6) is 0. The minimum atomic E-state index is -0.112. The van der Waals surface area contributed by atoms with Gasteiger partial charge in [-0.2, -0.15) is 0 Å². The summed E-state index contributed by atoms with van der Waals surface area (Å²) in [6, 6.07) is 72.6. The van der Waals surface area contributed by atoms with E-state index in [1.165, 1.54) is 49.9 Å². The van der Waals surface area contributed by atoms with E-state index in [4.69, 9.17) is 4.42 Å². The van der Waals surface area contributed by atoms with Gasteiger partial charge in [0.1, 0.15) is 11.2 Å². The molecule has 1 aliphatic rings. The van der Waals surface area contributed by atoms with Gasteiger partial charge in [-0.05, 0) is 80.2 Å². The van der Waals surface area contributed by atoms with Crippen molar-refractivity contribution < 1.29 is 4.42 Å². The predicted molar refractivity (Wildman–Crippen MR) is 240 cm³/mol. The molecule has 0 atom stereocenters. The minimum Gasteiger partial charge on any atom is -0.455 e. The second-order valence-corrected chi connectivity index (χ2v) is 15.6. The van der Waals surface area contributed by atoms with Crippen LogP contribution in [0.25, 0.3) is 77.2 Å². The third kappa shape index (κ3) is 5.18. The fourth-order valence-corrected chi connectivity index (χ4v) is 9.37. The van der Waals surface area contributed by atoms with Gasteiger partial charge in [0, 0.05) is 27.3 Å². The number of hydrogen-bond donors (Lipinski definition) is 0. The van der Waals surface area contributed by atoms with Crippen LogP contribution in [-0.4, -0.2) is 0 Å². The van der Waals surface area contributed by atoms with Crippen LogP contribution in [0.5, 0.6) is 0 Å². The summed E-state index contributed by atoms with van der Waals surface area (Å²) in [7, 11) is 0. The van der Waals surface area contributed by atoms with E-state index >= 15 is 0 Å². The van der Waals surface area contributed by atoms with Crippen molar-refractivity contribution in [3.8, 4) is 44.5 Å². The molecule has 270 valence electrons. The summed E-state index contributed by atoms with van der Waals surface area (Å²) in [4.78, 5) is 2.48. The molecule has 0 aliphatic heterocycles. The van der Waals surface area contributed by atoms with Crippen molar-refractivity contribution in [3.05, 3.63) is 211 Å². The smallest absolute Gasteiger partial charge is 0.143 e. The molecule has 10 aromatic rings. The van der Waals surface area contributed by atoms with Crippen LogP contribution < -0.4 is 4.90 Å². The second kappa shape index (κ2) is 13.0. The Morgan fingerprint density at radius 1 is 0.386 bits per heavy atom. The van der Waals surface area contributed by atoms with E-state index in [-0.39, 0.29) is 5.41 Å². The largest absolute Gasteiger partial charge is 0.455 e. The Morgan fingerprint density at radius 3 is 1.79 bits per heavy atom. The van der Waals surface area contributed by atoms with Crippen molar-refractivity contribution in [2.45, 2.75) is 19.3 Å². The van der Waals surface area contributed by atoms with Gasteiger partial charge in [0.25, 0.3) is 0 Å². The first kappa shape index (κ1) is 33.2. The molecule has 0 N–H and O–H groups in total. The van der Waals surface area contributed by atoms with Crippen LogP contribution in [0.2, 0.25) is 0 Å². The van der Waals surface area contributed by atoms with E-state index < -0.39 is 0 Å². The number of rotatable bonds is 6. The predicted octanol–water partition coefficient (Wildman–Crippen LogP) is 15.5. The molecule has 0 amide bonds. The molecule has 1 aliphatic carbocycles. The van der Waals surface area contributed by atoms with Crippen LogP contribution in [0.3, 0.4) is 0 Å². The number of para-hydroxylation sites is 2. The van der Waals surface area contributed by atoms with E-state index in [2.05, 4.69) is 219 Å². The Hall–Kier alpha value is -7.16. The van der Waals surface area contributed by atoms with Crippen molar-refractivity contribution in [3.63, 3.8) is 0 Å². The number of furan rings is 1. The highest BCUT2D eigenvalue weighted by Crippen LogP contribution is 2.55. The summed E-state index contributed by atoms with van der Waals surface area (Å²) >= 11 is 0. The van der Waals surface area contributed by atoms with Crippen molar-refractivity contribution in [1.29, 1.82) is 0 Å². The third-order valence-corrected chi connectivity index (χ3v) is 12.1. The zero-order valence-electron chi connectivity index (χ0n) is 31.9. The van der Waals surface area contributed by atoms with Gasteiger partial charge in [-0.15, -0.1) is 0 Å². The van der Waals surface area contributed by atoms with Crippen LogP contribution in [-0.2, 0) is 5.41 Å². The molecule has 57 heavy (non-hydrogen) atoms. The van der Waals surface area contributed by atoms with Gasteiger partial charge < -0.3 is 9.32 Å². The van der Waals surface area contributed by atoms with Gasteiger partial charge in [0.15, 0.2) is 0 Å². The molecule has 9 aromatic carbocycles. The van der Waals surface area contributed by atoms with Crippen LogP contribution in [0.4, 0.5) is 17.1 Å². The van der Waals surface area contributed by atoms with Crippen LogP contribution in [0, 0.1) is 0 Å². The Morgan fingerprint density at radius 2 is 0.965 bits per heavy atom. The summed E-state index contributed by atoms with van der Waals surface area (Å²) in [6.07, 6.45) is 0. The Balaban J connectivity index is 1.19. The molecule has 1 heterocycles. The summed E-state index contributed by atoms with van der Waals surface area (Å²) < 4.78 is 6.81. The molecule has 0 bridgehead atoms. The first-order valence-corrected chi connectivity index (χ1v) is 19.8. The van der Waals surface area contributed by atoms with Crippen molar-refractivity contribution >= 4 is 49.8 Å². The van der Waals surface area contributed by atoms with Crippen LogP contribution >= 0.6 is 0 Å². The van der Waals surface area contributed by atoms with Crippen LogP contribution in [0.1, 0.15) is 25.0 Å². The molecule has 0 radical (unpaired) electrons. The van der Waals surface area contributed by atoms with E-state index in [1.807, 2.05) is 0 Å². The molecule has 2 nitrogen and oxygen atoms in total. The minimum absolute atomic E-state index is 0.112. The molecular weight excluding hydrogens is 691 g/mol. The van der Waals surface area contributed by atoms with E-state index in [1.54, 1.807) is 0 Å². The maximum absolute atomic E-state index is 6.81. The lowest BCUT2D eigenvalue weighted by atomic mass is 9.82. The molecule has 0 fully saturated rings. The fourth-order valence-electron chi connectivity index (χ4n) is 9.37. The van der Waals surface area contributed by atoms with E-state index in [0.29, 0.717) is 0 Å². The number of hydrogen-bond acceptors (Lipinski definition) is 2. The molecule has 1 aromatic heterocycles. The normalized spacial score (nSPS) is 12.9. The van der Waals surface area contributed by atoms with Crippen molar-refractivity contribution in [1.82, 2.24) is 0 Å². The van der Waals surface area contributed by atoms with E-state index in [9.17, 15) is 0 Å². The SMILES string of the molecule is CC1(C)c2ccccc2-c2c(-c3ccccc3N(c3ccccc3-c3ccc(-c4ccccc4)cc3)c3cccc4oc5c6ccccc6ccc5c34)cccc21. The molecular formula is C55H39NO. The van der Waals surface area contributed by atoms with Gasteiger partial charge in [0.05, 0.1) is 22.4 Å². The second-order valence-electron chi connectivity index (χ2n) is 15.6. The average molecular weight is 730 g/mol. The zero-order valence-corrected chi connectivity index (χ0v) is 31.9. The summed E-state index contributed by atoms with van der Waals surface area (Å²) in [5, 5.41) is 4.47. The molecule has 11 rings (SSSR count). The van der Waals surface area contributed by atoms with Gasteiger partial charge in [0.2, 0.25) is 0 Å². The first-order chi connectivity index (χ1) is 28.1. The highest BCUT2D eigenvalue weighted by Gasteiger charge is 2.37. The molecule has 0 saturated carbocycles. The Kier molecular flexibility index (Phi) is 7.55. The Labute approximate surface area is 332 Å². The van der Waals surface area contributed by atoms with Gasteiger partial charge >= 0.3 is 0 Å². The molecule has 0 spiro atoms. The van der Waals surface area contributed by atoms with Gasteiger partial charge in [-0.3, -0.25) is 0 Å². The van der Waals surface area contributed by atoms with Crippen LogP contribution in [0.15, 0.2) is 205 Å². The fraction of sp³-hybridized carbons (Fsp3) is 0.0545. The first-order valence-electron chi connectivity index (χ1n) is 19.8. The topological polar surface area (TPSA) is 16.4 Å². The van der Waals surface area contributed by atoms with Gasteiger partial charge in [-0.1, -0.05) is 184 Å². The highest BCUT2D eigenvalue weighted by molar-refractivity contribution is 6.20. The summed E-state index contributed by atoms with van der Waals surface area (Å²) in [5.41, 5.74) is 17.4. The lowest BCUT2D eigenvalue weighted by molar-refractivity contribution is 0.660. The molecule has 0 unspecified atom stereocenters. The lowest BCUT2D eigenvalue weighted by Crippen LogP contribution is -2.15. The van der Waals surface area contributed by atoms with Crippen molar-refractivity contribution in [2.75, 3.05) is 4.90 Å². The molecule has 2 heteroatoms. The Bertz CT molecular complexity index is 3150. The number of fused-ring (bicyclic) bond motifs is 8. The third-order valence-electron chi connectivity index (χ3n) is 12.1. The van der Waals surface area contributed by atoms with E-state index in [0.717, 1.165) is 55.5 Å². The number of nitrogens with zero attached hydrogens (tertiary/aromatic N) is 1. The zero-order chi connectivity index (χ0) is 38.1. The maximum atomic E-state index is 6.81. The quantitative estimate of drug-likeness (QED) is 0.169. The molecule has 0 saturated heterocycles. The highest BCUT2D eigenvalue weighted by atomic mass is 16.3. The van der Waals surface area contributed by atoms with Gasteiger partial charge in [-0.25, -0.2) is 0 Å². The maximum Gasteiger partial charge on any atom is 0.143 e. The lowest BCUT2D eigenvalue weighted by Gasteiger charge is -2.31. The van der Waals surface area contributed by atoms with Crippen molar-refractivity contribution in [2.24, 2.45) is 0 Å². The number of anilines is 3. The number of benzene rings is 9. The standard InChI is InChI=1S/C55H39NO/c1-55(2)46-24-11-8-22-44(46)52-43(23-14-25-47(52)55)42-21-10-13-27-49(42)56(48-26-12-9-19-40(48)39-32-30-37(31-33-39)36-16-4-3-5-17-36)50-28-15-29-51-53(50)45-35-34-38-18-6-7-20-41(38)54(45)57-51/h3-35H,1-2H3. The monoisotopic (exact) mass is 729 g/mol.